The summed E-state index contributed by atoms with van der Waals surface area (Å²) in [5.74, 6) is 0. The van der Waals surface area contributed by atoms with E-state index in [0.29, 0.717) is 0 Å². The molecule has 0 aromatic heterocycles. The summed E-state index contributed by atoms with van der Waals surface area (Å²) in [6.07, 6.45) is 5.44. The molecule has 3 rings (SSSR count). The molecule has 2 nitrogen and oxygen atoms in total. The van der Waals surface area contributed by atoms with Crippen molar-refractivity contribution in [1.82, 2.24) is 10.2 Å². The lowest BCUT2D eigenvalue weighted by Gasteiger charge is -2.35. The lowest BCUT2D eigenvalue weighted by Crippen LogP contribution is -2.46. The molecule has 1 N–H and O–H groups in total. The maximum atomic E-state index is 3.73. The fourth-order valence-corrected chi connectivity index (χ4v) is 3.96. The first-order chi connectivity index (χ1) is 9.10. The van der Waals surface area contributed by atoms with E-state index in [4.69, 9.17) is 0 Å². The molecular formula is C17H26N2. The van der Waals surface area contributed by atoms with Crippen molar-refractivity contribution in [1.29, 1.82) is 0 Å². The zero-order valence-electron chi connectivity index (χ0n) is 12.4. The monoisotopic (exact) mass is 258 g/mol. The largest absolute Gasteiger partial charge is 0.311 e. The molecule has 2 heterocycles. The Morgan fingerprint density at radius 1 is 1.05 bits per heavy atom. The van der Waals surface area contributed by atoms with Gasteiger partial charge in [0.1, 0.15) is 0 Å². The number of benzene rings is 1. The van der Waals surface area contributed by atoms with Gasteiger partial charge >= 0.3 is 0 Å². The summed E-state index contributed by atoms with van der Waals surface area (Å²) in [5, 5.41) is 3.73. The number of rotatable bonds is 3. The second-order valence-corrected chi connectivity index (χ2v) is 6.67. The third kappa shape index (κ3) is 3.01. The van der Waals surface area contributed by atoms with Crippen LogP contribution in [0, 0.1) is 13.8 Å². The molecular weight excluding hydrogens is 232 g/mol. The summed E-state index contributed by atoms with van der Waals surface area (Å²) >= 11 is 0. The van der Waals surface area contributed by atoms with Gasteiger partial charge < -0.3 is 5.32 Å². The molecule has 19 heavy (non-hydrogen) atoms. The minimum absolute atomic E-state index is 0.763. The highest BCUT2D eigenvalue weighted by Gasteiger charge is 2.34. The fraction of sp³-hybridized carbons (Fsp3) is 0.647. The SMILES string of the molecule is Cc1cc(C)cc(CN(C)C2CC3CCC(C2)N3)c1. The number of hydrogen-bond acceptors (Lipinski definition) is 2. The average Bonchev–Trinajstić information content (AvgIpc) is 2.66. The zero-order valence-corrected chi connectivity index (χ0v) is 12.4. The highest BCUT2D eigenvalue weighted by atomic mass is 15.2. The summed E-state index contributed by atoms with van der Waals surface area (Å²) in [4.78, 5) is 2.57. The molecule has 0 aliphatic carbocycles. The number of piperidine rings is 1. The minimum Gasteiger partial charge on any atom is -0.311 e. The summed E-state index contributed by atoms with van der Waals surface area (Å²) < 4.78 is 0. The van der Waals surface area contributed by atoms with Crippen molar-refractivity contribution in [2.45, 2.75) is 64.2 Å². The van der Waals surface area contributed by atoms with Crippen molar-refractivity contribution in [2.24, 2.45) is 0 Å². The van der Waals surface area contributed by atoms with Gasteiger partial charge in [-0.2, -0.15) is 0 Å². The Morgan fingerprint density at radius 2 is 1.63 bits per heavy atom. The summed E-state index contributed by atoms with van der Waals surface area (Å²) in [7, 11) is 2.30. The van der Waals surface area contributed by atoms with E-state index in [-0.39, 0.29) is 0 Å². The predicted octanol–water partition coefficient (Wildman–Crippen LogP) is 3.02. The Labute approximate surface area is 117 Å². The summed E-state index contributed by atoms with van der Waals surface area (Å²) in [6.45, 7) is 5.48. The minimum atomic E-state index is 0.763. The molecule has 0 amide bonds. The van der Waals surface area contributed by atoms with Crippen LogP contribution < -0.4 is 5.32 Å². The van der Waals surface area contributed by atoms with Crippen LogP contribution >= 0.6 is 0 Å². The molecule has 2 bridgehead atoms. The van der Waals surface area contributed by atoms with Crippen LogP contribution in [0.3, 0.4) is 0 Å². The van der Waals surface area contributed by atoms with E-state index in [0.717, 1.165) is 24.7 Å². The lowest BCUT2D eigenvalue weighted by molar-refractivity contribution is 0.166. The molecule has 2 heteroatoms. The highest BCUT2D eigenvalue weighted by Crippen LogP contribution is 2.29. The molecule has 2 saturated heterocycles. The van der Waals surface area contributed by atoms with Crippen LogP contribution in [-0.2, 0) is 6.54 Å². The van der Waals surface area contributed by atoms with Gasteiger partial charge in [0.2, 0.25) is 0 Å². The van der Waals surface area contributed by atoms with Crippen LogP contribution in [0.2, 0.25) is 0 Å². The van der Waals surface area contributed by atoms with Gasteiger partial charge in [0.15, 0.2) is 0 Å². The van der Waals surface area contributed by atoms with Crippen LogP contribution in [0.4, 0.5) is 0 Å². The van der Waals surface area contributed by atoms with Crippen LogP contribution in [0.25, 0.3) is 0 Å². The lowest BCUT2D eigenvalue weighted by atomic mass is 9.97. The molecule has 2 atom stereocenters. The van der Waals surface area contributed by atoms with E-state index in [1.165, 1.54) is 42.4 Å². The molecule has 0 saturated carbocycles. The quantitative estimate of drug-likeness (QED) is 0.896. The van der Waals surface area contributed by atoms with Crippen molar-refractivity contribution in [3.05, 3.63) is 34.9 Å². The first kappa shape index (κ1) is 13.1. The topological polar surface area (TPSA) is 15.3 Å². The van der Waals surface area contributed by atoms with Crippen LogP contribution in [-0.4, -0.2) is 30.1 Å². The van der Waals surface area contributed by atoms with E-state index in [9.17, 15) is 0 Å². The van der Waals surface area contributed by atoms with E-state index >= 15 is 0 Å². The third-order valence-electron chi connectivity index (χ3n) is 4.78. The van der Waals surface area contributed by atoms with Gasteiger partial charge in [0, 0.05) is 24.7 Å². The fourth-order valence-electron chi connectivity index (χ4n) is 3.96. The number of hydrogen-bond donors (Lipinski definition) is 1. The van der Waals surface area contributed by atoms with Gasteiger partial charge in [-0.3, -0.25) is 4.90 Å². The standard InChI is InChI=1S/C17H26N2/c1-12-6-13(2)8-14(7-12)11-19(3)17-9-15-4-5-16(10-17)18-15/h6-8,15-18H,4-5,9-11H2,1-3H3. The van der Waals surface area contributed by atoms with Crippen molar-refractivity contribution >= 4 is 0 Å². The van der Waals surface area contributed by atoms with Crippen LogP contribution in [0.15, 0.2) is 18.2 Å². The van der Waals surface area contributed by atoms with Gasteiger partial charge in [0.25, 0.3) is 0 Å². The molecule has 104 valence electrons. The van der Waals surface area contributed by atoms with Gasteiger partial charge in [-0.15, -0.1) is 0 Å². The number of fused-ring (bicyclic) bond motifs is 2. The van der Waals surface area contributed by atoms with E-state index in [1.807, 2.05) is 0 Å². The number of aryl methyl sites for hydroxylation is 2. The average molecular weight is 258 g/mol. The highest BCUT2D eigenvalue weighted by molar-refractivity contribution is 5.28. The Hall–Kier alpha value is -0.860. The van der Waals surface area contributed by atoms with Crippen molar-refractivity contribution in [2.75, 3.05) is 7.05 Å². The molecule has 0 radical (unpaired) electrons. The van der Waals surface area contributed by atoms with Gasteiger partial charge in [-0.25, -0.2) is 0 Å². The third-order valence-corrected chi connectivity index (χ3v) is 4.78. The smallest absolute Gasteiger partial charge is 0.0233 e. The van der Waals surface area contributed by atoms with E-state index in [2.05, 4.69) is 49.3 Å². The predicted molar refractivity (Wildman–Crippen MR) is 80.4 cm³/mol. The van der Waals surface area contributed by atoms with Gasteiger partial charge in [-0.05, 0) is 52.1 Å². The molecule has 1 aromatic carbocycles. The van der Waals surface area contributed by atoms with Gasteiger partial charge in [0.05, 0.1) is 0 Å². The van der Waals surface area contributed by atoms with Crippen molar-refractivity contribution in [3.8, 4) is 0 Å². The Kier molecular flexibility index (Phi) is 3.64. The molecule has 2 fully saturated rings. The Morgan fingerprint density at radius 3 is 2.21 bits per heavy atom. The first-order valence-electron chi connectivity index (χ1n) is 7.63. The molecule has 0 spiro atoms. The first-order valence-corrected chi connectivity index (χ1v) is 7.63. The number of nitrogens with zero attached hydrogens (tertiary/aromatic N) is 1. The van der Waals surface area contributed by atoms with Crippen LogP contribution in [0.1, 0.15) is 42.4 Å². The van der Waals surface area contributed by atoms with Crippen molar-refractivity contribution < 1.29 is 0 Å². The molecule has 2 aliphatic heterocycles. The molecule has 1 aromatic rings. The van der Waals surface area contributed by atoms with E-state index in [1.54, 1.807) is 0 Å². The Bertz CT molecular complexity index is 422. The number of nitrogens with one attached hydrogen (secondary N) is 1. The van der Waals surface area contributed by atoms with Gasteiger partial charge in [-0.1, -0.05) is 29.3 Å². The maximum absolute atomic E-state index is 3.73. The zero-order chi connectivity index (χ0) is 13.4. The van der Waals surface area contributed by atoms with E-state index < -0.39 is 0 Å². The Balaban J connectivity index is 1.65. The maximum Gasteiger partial charge on any atom is 0.0233 e. The normalized spacial score (nSPS) is 30.0. The van der Waals surface area contributed by atoms with Crippen LogP contribution in [0.5, 0.6) is 0 Å². The second kappa shape index (κ2) is 5.26. The van der Waals surface area contributed by atoms with Crippen molar-refractivity contribution in [3.63, 3.8) is 0 Å². The molecule has 2 unspecified atom stereocenters. The summed E-state index contributed by atoms with van der Waals surface area (Å²) in [5.41, 5.74) is 4.23. The molecule has 2 aliphatic rings. The second-order valence-electron chi connectivity index (χ2n) is 6.67. The summed E-state index contributed by atoms with van der Waals surface area (Å²) in [6, 6.07) is 9.25.